The van der Waals surface area contributed by atoms with Crippen molar-refractivity contribution in [2.45, 2.75) is 27.2 Å². The molecule has 1 N–H and O–H groups in total. The molecule has 0 radical (unpaired) electrons. The highest BCUT2D eigenvalue weighted by Gasteiger charge is 2.27. The molecule has 0 aliphatic carbocycles. The van der Waals surface area contributed by atoms with Crippen LogP contribution in [0, 0.1) is 79.7 Å². The minimum Gasteiger partial charge on any atom is -0.358 e. The molecular weight excluding hydrogens is 994 g/mol. The molecule has 0 atom stereocenters. The molecule has 0 saturated heterocycles. The van der Waals surface area contributed by atoms with E-state index in [9.17, 15) is 44.3 Å². The van der Waals surface area contributed by atoms with Crippen molar-refractivity contribution in [2.75, 3.05) is 0 Å². The Labute approximate surface area is 428 Å². The van der Waals surface area contributed by atoms with E-state index in [2.05, 4.69) is 35.4 Å². The first-order chi connectivity index (χ1) is 36.6. The van der Waals surface area contributed by atoms with Gasteiger partial charge in [-0.2, -0.15) is 15.3 Å². The Balaban J connectivity index is 0.000000152. The number of H-pyrrole nitrogens is 1. The number of halogens is 9. The molecular formula is C59H38F9N7O. The number of aryl methyl sites for hydroxylation is 3. The van der Waals surface area contributed by atoms with Gasteiger partial charge in [0.1, 0.15) is 52.4 Å². The van der Waals surface area contributed by atoms with E-state index < -0.39 is 69.0 Å². The topological polar surface area (TPSA) is 102 Å². The van der Waals surface area contributed by atoms with Crippen LogP contribution in [0.2, 0.25) is 0 Å². The molecule has 0 bridgehead atoms. The summed E-state index contributed by atoms with van der Waals surface area (Å²) < 4.78 is 127. The van der Waals surface area contributed by atoms with E-state index in [1.165, 1.54) is 0 Å². The second kappa shape index (κ2) is 23.1. The van der Waals surface area contributed by atoms with Crippen LogP contribution in [0.15, 0.2) is 163 Å². The van der Waals surface area contributed by atoms with E-state index in [4.69, 9.17) is 6.57 Å². The summed E-state index contributed by atoms with van der Waals surface area (Å²) in [6, 6.07) is 39.8. The molecule has 0 saturated carbocycles. The molecule has 17 heteroatoms. The number of aromatic nitrogens is 6. The first kappa shape index (κ1) is 52.8. The molecule has 3 aromatic heterocycles. The van der Waals surface area contributed by atoms with Crippen molar-refractivity contribution in [1.29, 1.82) is 0 Å². The van der Waals surface area contributed by atoms with Gasteiger partial charge in [0.05, 0.1) is 39.5 Å². The smallest absolute Gasteiger partial charge is 0.304 e. The van der Waals surface area contributed by atoms with E-state index in [1.54, 1.807) is 81.4 Å². The Kier molecular flexibility index (Phi) is 16.0. The Morgan fingerprint density at radius 1 is 0.408 bits per heavy atom. The van der Waals surface area contributed by atoms with E-state index in [0.717, 1.165) is 11.1 Å². The summed E-state index contributed by atoms with van der Waals surface area (Å²) in [4.78, 5) is 15.4. The molecule has 3 heterocycles. The Hall–Kier alpha value is -9.56. The standard InChI is InChI=1S/C24H17F3N2.C18H10F3N3.C17H11F3N2O/c1-15-22(17-10-6-3-7-11-17)24(23-19(26)13-18(25)14-20(23)27)21(29-28-15)12-16-8-4-2-5-9-16;1-10-15(11-6-4-3-5-7-11)17(18(22-2)24-23-10)16-13(20)8-12(19)9-14(16)21;1-9-14(10-5-3-2-4-6-10)16(17(23)22-21-9)15-12(19)7-11(18)8-13(15)20/h2-11,13-14H,12H2,1H3;3-9H,1H3;2-8H,1H3,(H,22,23). The number of nitrogens with zero attached hydrogens (tertiary/aromatic N) is 6. The third-order valence-corrected chi connectivity index (χ3v) is 11.8. The minimum atomic E-state index is -1.14. The highest BCUT2D eigenvalue weighted by molar-refractivity contribution is 5.92. The van der Waals surface area contributed by atoms with Crippen molar-refractivity contribution in [2.24, 2.45) is 0 Å². The molecule has 10 rings (SSSR count). The monoisotopic (exact) mass is 1030 g/mol. The summed E-state index contributed by atoms with van der Waals surface area (Å²) >= 11 is 0. The van der Waals surface area contributed by atoms with Crippen molar-refractivity contribution < 1.29 is 39.5 Å². The molecule has 10 aromatic rings. The SMILES string of the molecule is Cc1n[nH]c(=O)c(-c2c(F)cc(F)cc2F)c1-c1ccccc1.Cc1nnc(Cc2ccccc2)c(-c2c(F)cc(F)cc2F)c1-c1ccccc1.[C-]#[N+]c1nnc(C)c(-c2ccccc2)c1-c1c(F)cc(F)cc1F. The van der Waals surface area contributed by atoms with Gasteiger partial charge >= 0.3 is 5.82 Å². The van der Waals surface area contributed by atoms with Crippen LogP contribution in [0.1, 0.15) is 28.3 Å². The molecule has 0 unspecified atom stereocenters. The quantitative estimate of drug-likeness (QED) is 0.120. The van der Waals surface area contributed by atoms with Gasteiger partial charge < -0.3 is 4.85 Å². The molecule has 7 aromatic carbocycles. The van der Waals surface area contributed by atoms with Gasteiger partial charge in [-0.3, -0.25) is 4.79 Å². The molecule has 0 aliphatic rings. The van der Waals surface area contributed by atoms with Crippen molar-refractivity contribution in [3.8, 4) is 66.8 Å². The molecule has 378 valence electrons. The number of rotatable bonds is 8. The van der Waals surface area contributed by atoms with E-state index in [1.807, 2.05) is 60.7 Å². The van der Waals surface area contributed by atoms with E-state index >= 15 is 0 Å². The lowest BCUT2D eigenvalue weighted by molar-refractivity contribution is 0.546. The fourth-order valence-corrected chi connectivity index (χ4v) is 8.57. The molecule has 8 nitrogen and oxygen atoms in total. The van der Waals surface area contributed by atoms with Crippen LogP contribution in [0.3, 0.4) is 0 Å². The summed E-state index contributed by atoms with van der Waals surface area (Å²) in [5, 5.41) is 22.2. The maximum absolute atomic E-state index is 14.8. The lowest BCUT2D eigenvalue weighted by Gasteiger charge is -2.17. The highest BCUT2D eigenvalue weighted by Crippen LogP contribution is 2.43. The normalized spacial score (nSPS) is 10.7. The maximum atomic E-state index is 14.8. The Morgan fingerprint density at radius 2 is 0.750 bits per heavy atom. The first-order valence-corrected chi connectivity index (χ1v) is 22.9. The van der Waals surface area contributed by atoms with E-state index in [0.29, 0.717) is 99.0 Å². The summed E-state index contributed by atoms with van der Waals surface area (Å²) in [6.45, 7) is 12.2. The molecule has 0 fully saturated rings. The zero-order chi connectivity index (χ0) is 54.2. The van der Waals surface area contributed by atoms with Crippen LogP contribution in [0.5, 0.6) is 0 Å². The molecule has 0 amide bonds. The number of hydrogen-bond acceptors (Lipinski definition) is 6. The fraction of sp³-hybridized carbons (Fsp3) is 0.0678. The van der Waals surface area contributed by atoms with E-state index in [-0.39, 0.29) is 22.5 Å². The summed E-state index contributed by atoms with van der Waals surface area (Å²) in [5.41, 5.74) is 3.88. The Bertz CT molecular complexity index is 3790. The molecule has 0 aliphatic heterocycles. The van der Waals surface area contributed by atoms with Crippen LogP contribution in [-0.4, -0.2) is 30.6 Å². The number of aromatic amines is 1. The Morgan fingerprint density at radius 3 is 1.16 bits per heavy atom. The van der Waals surface area contributed by atoms with Crippen molar-refractivity contribution >= 4 is 5.82 Å². The number of benzene rings is 7. The van der Waals surface area contributed by atoms with Crippen molar-refractivity contribution in [3.05, 3.63) is 260 Å². The maximum Gasteiger partial charge on any atom is 0.304 e. The summed E-state index contributed by atoms with van der Waals surface area (Å²) in [7, 11) is 0. The molecule has 76 heavy (non-hydrogen) atoms. The van der Waals surface area contributed by atoms with Gasteiger partial charge in [0.15, 0.2) is 0 Å². The van der Waals surface area contributed by atoms with Crippen LogP contribution in [-0.2, 0) is 6.42 Å². The van der Waals surface area contributed by atoms with Crippen LogP contribution < -0.4 is 5.56 Å². The summed E-state index contributed by atoms with van der Waals surface area (Å²) in [5.74, 6) is -9.71. The lowest BCUT2D eigenvalue weighted by atomic mass is 9.90. The van der Waals surface area contributed by atoms with Crippen LogP contribution >= 0.6 is 0 Å². The zero-order valence-corrected chi connectivity index (χ0v) is 40.2. The third-order valence-electron chi connectivity index (χ3n) is 11.8. The zero-order valence-electron chi connectivity index (χ0n) is 40.2. The van der Waals surface area contributed by atoms with Crippen LogP contribution in [0.4, 0.5) is 45.3 Å². The van der Waals surface area contributed by atoms with Crippen molar-refractivity contribution in [3.63, 3.8) is 0 Å². The van der Waals surface area contributed by atoms with Gasteiger partial charge in [-0.15, -0.1) is 0 Å². The predicted octanol–water partition coefficient (Wildman–Crippen LogP) is 15.0. The number of hydrogen-bond donors (Lipinski definition) is 1. The second-order valence-corrected chi connectivity index (χ2v) is 16.8. The summed E-state index contributed by atoms with van der Waals surface area (Å²) in [6.07, 6.45) is 0.333. The number of nitrogens with one attached hydrogen (secondary N) is 1. The lowest BCUT2D eigenvalue weighted by Crippen LogP contribution is -2.16. The van der Waals surface area contributed by atoms with Gasteiger partial charge in [0, 0.05) is 76.2 Å². The third kappa shape index (κ3) is 11.3. The van der Waals surface area contributed by atoms with Gasteiger partial charge in [-0.05, 0) is 48.1 Å². The average Bonchev–Trinajstić information content (AvgIpc) is 3.41. The van der Waals surface area contributed by atoms with Gasteiger partial charge in [-0.1, -0.05) is 133 Å². The van der Waals surface area contributed by atoms with Crippen LogP contribution in [0.25, 0.3) is 71.6 Å². The second-order valence-electron chi connectivity index (χ2n) is 16.8. The van der Waals surface area contributed by atoms with Gasteiger partial charge in [0.2, 0.25) is 0 Å². The first-order valence-electron chi connectivity index (χ1n) is 22.9. The predicted molar refractivity (Wildman–Crippen MR) is 271 cm³/mol. The largest absolute Gasteiger partial charge is 0.358 e. The van der Waals surface area contributed by atoms with Gasteiger partial charge in [0.25, 0.3) is 5.56 Å². The average molecular weight is 1030 g/mol. The van der Waals surface area contributed by atoms with Crippen molar-refractivity contribution in [1.82, 2.24) is 30.6 Å². The minimum absolute atomic E-state index is 0.0290. The highest BCUT2D eigenvalue weighted by atomic mass is 19.2. The fourth-order valence-electron chi connectivity index (χ4n) is 8.57. The van der Waals surface area contributed by atoms with Gasteiger partial charge in [-0.25, -0.2) is 44.6 Å². The molecule has 0 spiro atoms.